The second-order valence-corrected chi connectivity index (χ2v) is 3.15. The highest BCUT2D eigenvalue weighted by Gasteiger charge is 2.34. The summed E-state index contributed by atoms with van der Waals surface area (Å²) in [5, 5.41) is 0. The van der Waals surface area contributed by atoms with E-state index < -0.39 is 17.8 Å². The van der Waals surface area contributed by atoms with Crippen molar-refractivity contribution in [1.29, 1.82) is 0 Å². The SMILES string of the molecule is COC[C@H](N)c1ccccc1C(F)(F)F. The van der Waals surface area contributed by atoms with Crippen LogP contribution in [-0.2, 0) is 10.9 Å². The van der Waals surface area contributed by atoms with Crippen LogP contribution in [0.4, 0.5) is 13.2 Å². The predicted molar refractivity (Wildman–Crippen MR) is 50.2 cm³/mol. The summed E-state index contributed by atoms with van der Waals surface area (Å²) in [4.78, 5) is 0. The molecule has 0 aliphatic carbocycles. The van der Waals surface area contributed by atoms with Gasteiger partial charge in [0, 0.05) is 7.11 Å². The largest absolute Gasteiger partial charge is 0.416 e. The summed E-state index contributed by atoms with van der Waals surface area (Å²) in [5.41, 5.74) is 4.94. The van der Waals surface area contributed by atoms with Gasteiger partial charge in [0.25, 0.3) is 0 Å². The molecule has 1 aromatic rings. The molecule has 0 heterocycles. The second-order valence-electron chi connectivity index (χ2n) is 3.15. The number of nitrogens with two attached hydrogens (primary N) is 1. The molecular weight excluding hydrogens is 207 g/mol. The number of ether oxygens (including phenoxy) is 1. The highest BCUT2D eigenvalue weighted by Crippen LogP contribution is 2.33. The lowest BCUT2D eigenvalue weighted by atomic mass is 10.0. The normalized spacial score (nSPS) is 13.9. The van der Waals surface area contributed by atoms with Gasteiger partial charge in [0.1, 0.15) is 0 Å². The quantitative estimate of drug-likeness (QED) is 0.846. The molecule has 15 heavy (non-hydrogen) atoms. The van der Waals surface area contributed by atoms with Crippen LogP contribution in [0.15, 0.2) is 24.3 Å². The lowest BCUT2D eigenvalue weighted by Gasteiger charge is -2.17. The summed E-state index contributed by atoms with van der Waals surface area (Å²) in [6.45, 7) is 0.0626. The predicted octanol–water partition coefficient (Wildman–Crippen LogP) is 2.35. The molecule has 2 nitrogen and oxygen atoms in total. The molecule has 0 saturated heterocycles. The van der Waals surface area contributed by atoms with Crippen LogP contribution in [0.5, 0.6) is 0 Å². The lowest BCUT2D eigenvalue weighted by Crippen LogP contribution is -2.21. The van der Waals surface area contributed by atoms with E-state index in [4.69, 9.17) is 10.5 Å². The van der Waals surface area contributed by atoms with E-state index in [9.17, 15) is 13.2 Å². The van der Waals surface area contributed by atoms with Crippen molar-refractivity contribution < 1.29 is 17.9 Å². The fourth-order valence-electron chi connectivity index (χ4n) is 1.35. The van der Waals surface area contributed by atoms with Crippen molar-refractivity contribution in [2.75, 3.05) is 13.7 Å². The maximum absolute atomic E-state index is 12.6. The first-order chi connectivity index (χ1) is 6.96. The van der Waals surface area contributed by atoms with Gasteiger partial charge in [-0.2, -0.15) is 13.2 Å². The van der Waals surface area contributed by atoms with Crippen LogP contribution in [0, 0.1) is 0 Å². The zero-order valence-electron chi connectivity index (χ0n) is 8.21. The van der Waals surface area contributed by atoms with Crippen molar-refractivity contribution >= 4 is 0 Å². The Hall–Kier alpha value is -1.07. The summed E-state index contributed by atoms with van der Waals surface area (Å²) < 4.78 is 42.4. The van der Waals surface area contributed by atoms with Gasteiger partial charge in [-0.15, -0.1) is 0 Å². The molecular formula is C10H12F3NO. The molecule has 0 saturated carbocycles. The van der Waals surface area contributed by atoms with Crippen molar-refractivity contribution in [3.8, 4) is 0 Å². The van der Waals surface area contributed by atoms with Gasteiger partial charge < -0.3 is 10.5 Å². The van der Waals surface area contributed by atoms with Crippen LogP contribution in [0.2, 0.25) is 0 Å². The summed E-state index contributed by atoms with van der Waals surface area (Å²) >= 11 is 0. The van der Waals surface area contributed by atoms with Crippen LogP contribution in [-0.4, -0.2) is 13.7 Å². The molecule has 0 amide bonds. The van der Waals surface area contributed by atoms with Crippen molar-refractivity contribution in [3.63, 3.8) is 0 Å². The third-order valence-electron chi connectivity index (χ3n) is 2.01. The molecule has 0 unspecified atom stereocenters. The number of benzene rings is 1. The molecule has 1 atom stereocenters. The van der Waals surface area contributed by atoms with Gasteiger partial charge in [-0.3, -0.25) is 0 Å². The molecule has 0 radical (unpaired) electrons. The Kier molecular flexibility index (Phi) is 3.71. The van der Waals surface area contributed by atoms with Gasteiger partial charge in [0.15, 0.2) is 0 Å². The number of hydrogen-bond acceptors (Lipinski definition) is 2. The monoisotopic (exact) mass is 219 g/mol. The minimum atomic E-state index is -4.37. The molecule has 2 N–H and O–H groups in total. The molecule has 0 fully saturated rings. The minimum Gasteiger partial charge on any atom is -0.383 e. The Morgan fingerprint density at radius 1 is 1.33 bits per heavy atom. The van der Waals surface area contributed by atoms with Crippen LogP contribution < -0.4 is 5.73 Å². The van der Waals surface area contributed by atoms with Gasteiger partial charge in [-0.1, -0.05) is 18.2 Å². The van der Waals surface area contributed by atoms with Crippen LogP contribution in [0.1, 0.15) is 17.2 Å². The van der Waals surface area contributed by atoms with E-state index in [2.05, 4.69) is 0 Å². The summed E-state index contributed by atoms with van der Waals surface area (Å²) in [5.74, 6) is 0. The van der Waals surface area contributed by atoms with Crippen molar-refractivity contribution in [2.45, 2.75) is 12.2 Å². The lowest BCUT2D eigenvalue weighted by molar-refractivity contribution is -0.138. The van der Waals surface area contributed by atoms with E-state index in [1.54, 1.807) is 0 Å². The topological polar surface area (TPSA) is 35.2 Å². The number of hydrogen-bond donors (Lipinski definition) is 1. The smallest absolute Gasteiger partial charge is 0.383 e. The van der Waals surface area contributed by atoms with Gasteiger partial charge in [-0.05, 0) is 11.6 Å². The van der Waals surface area contributed by atoms with E-state index >= 15 is 0 Å². The standard InChI is InChI=1S/C10H12F3NO/c1-15-6-9(14)7-4-2-3-5-8(7)10(11,12)13/h2-5,9H,6,14H2,1H3/t9-/m0/s1. The van der Waals surface area contributed by atoms with Gasteiger partial charge in [-0.25, -0.2) is 0 Å². The van der Waals surface area contributed by atoms with Crippen LogP contribution >= 0.6 is 0 Å². The van der Waals surface area contributed by atoms with Crippen molar-refractivity contribution in [3.05, 3.63) is 35.4 Å². The van der Waals surface area contributed by atoms with E-state index in [0.717, 1.165) is 6.07 Å². The average molecular weight is 219 g/mol. The molecule has 1 aromatic carbocycles. The Bertz CT molecular complexity index is 325. The fourth-order valence-corrected chi connectivity index (χ4v) is 1.35. The van der Waals surface area contributed by atoms with Crippen LogP contribution in [0.25, 0.3) is 0 Å². The second kappa shape index (κ2) is 4.63. The van der Waals surface area contributed by atoms with E-state index in [0.29, 0.717) is 0 Å². The molecule has 0 aromatic heterocycles. The summed E-state index contributed by atoms with van der Waals surface area (Å²) in [7, 11) is 1.40. The van der Waals surface area contributed by atoms with E-state index in [-0.39, 0.29) is 12.2 Å². The number of methoxy groups -OCH3 is 1. The van der Waals surface area contributed by atoms with Crippen molar-refractivity contribution in [2.24, 2.45) is 5.73 Å². The zero-order chi connectivity index (χ0) is 11.5. The number of rotatable bonds is 3. The van der Waals surface area contributed by atoms with E-state index in [1.165, 1.54) is 25.3 Å². The number of alkyl halides is 3. The summed E-state index contributed by atoms with van der Waals surface area (Å²) in [6.07, 6.45) is -4.37. The molecule has 84 valence electrons. The highest BCUT2D eigenvalue weighted by molar-refractivity contribution is 5.32. The minimum absolute atomic E-state index is 0.0619. The van der Waals surface area contributed by atoms with Crippen molar-refractivity contribution in [1.82, 2.24) is 0 Å². The molecule has 5 heteroatoms. The molecule has 0 bridgehead atoms. The maximum atomic E-state index is 12.6. The first kappa shape index (κ1) is 12.0. The van der Waals surface area contributed by atoms with Gasteiger partial charge in [0.2, 0.25) is 0 Å². The molecule has 0 spiro atoms. The van der Waals surface area contributed by atoms with Crippen LogP contribution in [0.3, 0.4) is 0 Å². The van der Waals surface area contributed by atoms with Gasteiger partial charge in [0.05, 0.1) is 18.2 Å². The first-order valence-corrected chi connectivity index (χ1v) is 4.37. The Balaban J connectivity index is 3.06. The molecule has 0 aliphatic rings. The highest BCUT2D eigenvalue weighted by atomic mass is 19.4. The van der Waals surface area contributed by atoms with Gasteiger partial charge >= 0.3 is 6.18 Å². The third kappa shape index (κ3) is 2.94. The summed E-state index contributed by atoms with van der Waals surface area (Å²) in [6, 6.07) is 4.50. The fraction of sp³-hybridized carbons (Fsp3) is 0.400. The number of halogens is 3. The first-order valence-electron chi connectivity index (χ1n) is 4.37. The average Bonchev–Trinajstić information content (AvgIpc) is 2.17. The third-order valence-corrected chi connectivity index (χ3v) is 2.01. The molecule has 1 rings (SSSR count). The Morgan fingerprint density at radius 3 is 2.47 bits per heavy atom. The Morgan fingerprint density at radius 2 is 1.93 bits per heavy atom. The zero-order valence-corrected chi connectivity index (χ0v) is 8.21. The molecule has 0 aliphatic heterocycles. The Labute approximate surface area is 85.8 Å². The maximum Gasteiger partial charge on any atom is 0.416 e. The van der Waals surface area contributed by atoms with E-state index in [1.807, 2.05) is 0 Å².